The summed E-state index contributed by atoms with van der Waals surface area (Å²) in [6.07, 6.45) is 0. The van der Waals surface area contributed by atoms with Gasteiger partial charge in [0, 0.05) is 25.9 Å². The van der Waals surface area contributed by atoms with Crippen molar-refractivity contribution in [3.8, 4) is 0 Å². The number of ether oxygens (including phenoxy) is 2. The first-order valence-corrected chi connectivity index (χ1v) is 6.07. The molecule has 6 nitrogen and oxygen atoms in total. The van der Waals surface area contributed by atoms with Gasteiger partial charge < -0.3 is 25.2 Å². The Morgan fingerprint density at radius 1 is 1.40 bits per heavy atom. The maximum absolute atomic E-state index is 14.0. The monoisotopic (exact) mass is 286 g/mol. The summed E-state index contributed by atoms with van der Waals surface area (Å²) in [5.74, 6) is -1.21. The van der Waals surface area contributed by atoms with E-state index in [-0.39, 0.29) is 30.1 Å². The number of carbonyl (C=O) groups is 1. The molecule has 0 bridgehead atoms. The lowest BCUT2D eigenvalue weighted by atomic mass is 10.1. The standard InChI is InChI=1S/C13H19FN2O4/c1-19-6-4-16(3-5-17)12-7-9(13(18)20-2)11(15)8-10(12)14/h7-8,17H,3-6,15H2,1-2H3. The molecule has 1 aromatic rings. The minimum Gasteiger partial charge on any atom is -0.465 e. The van der Waals surface area contributed by atoms with Gasteiger partial charge in [0.2, 0.25) is 0 Å². The number of halogens is 1. The average Bonchev–Trinajstić information content (AvgIpc) is 2.43. The van der Waals surface area contributed by atoms with Crippen molar-refractivity contribution in [2.24, 2.45) is 0 Å². The number of anilines is 2. The molecule has 0 fully saturated rings. The number of hydrogen-bond acceptors (Lipinski definition) is 6. The number of methoxy groups -OCH3 is 2. The third-order valence-corrected chi connectivity index (χ3v) is 2.80. The number of rotatable bonds is 7. The van der Waals surface area contributed by atoms with Gasteiger partial charge in [-0.2, -0.15) is 0 Å². The molecule has 0 aliphatic heterocycles. The number of aliphatic hydroxyl groups is 1. The maximum Gasteiger partial charge on any atom is 0.340 e. The van der Waals surface area contributed by atoms with Crippen molar-refractivity contribution < 1.29 is 23.8 Å². The van der Waals surface area contributed by atoms with E-state index in [9.17, 15) is 9.18 Å². The highest BCUT2D eigenvalue weighted by Crippen LogP contribution is 2.26. The third kappa shape index (κ3) is 3.82. The van der Waals surface area contributed by atoms with E-state index in [2.05, 4.69) is 4.74 Å². The van der Waals surface area contributed by atoms with Crippen LogP contribution in [0.3, 0.4) is 0 Å². The van der Waals surface area contributed by atoms with Crippen LogP contribution in [-0.4, -0.2) is 51.6 Å². The normalized spacial score (nSPS) is 10.4. The minimum absolute atomic E-state index is 0.00814. The Morgan fingerprint density at radius 2 is 2.10 bits per heavy atom. The zero-order valence-corrected chi connectivity index (χ0v) is 11.6. The first kappa shape index (κ1) is 16.2. The first-order valence-electron chi connectivity index (χ1n) is 6.07. The fourth-order valence-electron chi connectivity index (χ4n) is 1.78. The summed E-state index contributed by atoms with van der Waals surface area (Å²) >= 11 is 0. The van der Waals surface area contributed by atoms with Crippen molar-refractivity contribution in [1.82, 2.24) is 0 Å². The SMILES string of the molecule is COCCN(CCO)c1cc(C(=O)OC)c(N)cc1F. The Kier molecular flexibility index (Phi) is 6.20. The van der Waals surface area contributed by atoms with E-state index >= 15 is 0 Å². The van der Waals surface area contributed by atoms with Gasteiger partial charge >= 0.3 is 5.97 Å². The zero-order valence-electron chi connectivity index (χ0n) is 11.6. The van der Waals surface area contributed by atoms with Crippen molar-refractivity contribution in [1.29, 1.82) is 0 Å². The lowest BCUT2D eigenvalue weighted by Gasteiger charge is -2.24. The van der Waals surface area contributed by atoms with Gasteiger partial charge in [-0.15, -0.1) is 0 Å². The van der Waals surface area contributed by atoms with E-state index in [4.69, 9.17) is 15.6 Å². The topological polar surface area (TPSA) is 85.0 Å². The molecule has 0 atom stereocenters. The molecule has 0 heterocycles. The Balaban J connectivity index is 3.15. The molecule has 0 saturated carbocycles. The van der Waals surface area contributed by atoms with Crippen LogP contribution in [0.1, 0.15) is 10.4 Å². The van der Waals surface area contributed by atoms with Crippen molar-refractivity contribution in [3.05, 3.63) is 23.5 Å². The summed E-state index contributed by atoms with van der Waals surface area (Å²) in [6.45, 7) is 0.793. The molecule has 0 amide bonds. The number of hydrogen-bond donors (Lipinski definition) is 2. The summed E-state index contributed by atoms with van der Waals surface area (Å²) in [6, 6.07) is 2.39. The van der Waals surface area contributed by atoms with E-state index in [1.165, 1.54) is 20.3 Å². The van der Waals surface area contributed by atoms with Crippen LogP contribution in [0.25, 0.3) is 0 Å². The summed E-state index contributed by atoms with van der Waals surface area (Å²) in [4.78, 5) is 13.1. The second kappa shape index (κ2) is 7.66. The summed E-state index contributed by atoms with van der Waals surface area (Å²) < 4.78 is 23.5. The summed E-state index contributed by atoms with van der Waals surface area (Å²) in [7, 11) is 2.75. The summed E-state index contributed by atoms with van der Waals surface area (Å²) in [5.41, 5.74) is 5.87. The number of aliphatic hydroxyl groups excluding tert-OH is 1. The van der Waals surface area contributed by atoms with E-state index < -0.39 is 11.8 Å². The van der Waals surface area contributed by atoms with Crippen LogP contribution in [0.2, 0.25) is 0 Å². The number of nitrogens with two attached hydrogens (primary N) is 1. The molecule has 1 aromatic carbocycles. The van der Waals surface area contributed by atoms with Gasteiger partial charge in [-0.05, 0) is 12.1 Å². The Morgan fingerprint density at radius 3 is 2.65 bits per heavy atom. The predicted octanol–water partition coefficient (Wildman–Crippen LogP) is 0.640. The highest BCUT2D eigenvalue weighted by molar-refractivity contribution is 5.96. The van der Waals surface area contributed by atoms with Crippen LogP contribution in [0.4, 0.5) is 15.8 Å². The lowest BCUT2D eigenvalue weighted by molar-refractivity contribution is 0.0602. The fourth-order valence-corrected chi connectivity index (χ4v) is 1.78. The van der Waals surface area contributed by atoms with Gasteiger partial charge in [0.25, 0.3) is 0 Å². The van der Waals surface area contributed by atoms with Crippen molar-refractivity contribution in [2.45, 2.75) is 0 Å². The van der Waals surface area contributed by atoms with Crippen LogP contribution >= 0.6 is 0 Å². The van der Waals surface area contributed by atoms with Gasteiger partial charge in [0.05, 0.1) is 31.6 Å². The van der Waals surface area contributed by atoms with E-state index in [0.29, 0.717) is 13.2 Å². The Bertz CT molecular complexity index is 468. The molecule has 0 aliphatic carbocycles. The van der Waals surface area contributed by atoms with Crippen LogP contribution in [0.15, 0.2) is 12.1 Å². The van der Waals surface area contributed by atoms with Gasteiger partial charge in [0.1, 0.15) is 5.82 Å². The highest BCUT2D eigenvalue weighted by Gasteiger charge is 2.18. The molecular formula is C13H19FN2O4. The maximum atomic E-state index is 14.0. The lowest BCUT2D eigenvalue weighted by Crippen LogP contribution is -2.31. The molecular weight excluding hydrogens is 267 g/mol. The molecule has 0 unspecified atom stereocenters. The number of nitrogen functional groups attached to an aromatic ring is 1. The average molecular weight is 286 g/mol. The Hall–Kier alpha value is -1.86. The molecule has 20 heavy (non-hydrogen) atoms. The van der Waals surface area contributed by atoms with E-state index in [1.54, 1.807) is 4.90 Å². The number of benzene rings is 1. The smallest absolute Gasteiger partial charge is 0.340 e. The number of nitrogens with zero attached hydrogens (tertiary/aromatic N) is 1. The molecule has 3 N–H and O–H groups in total. The van der Waals surface area contributed by atoms with Gasteiger partial charge in [-0.1, -0.05) is 0 Å². The molecule has 112 valence electrons. The van der Waals surface area contributed by atoms with Crippen LogP contribution < -0.4 is 10.6 Å². The zero-order chi connectivity index (χ0) is 15.1. The van der Waals surface area contributed by atoms with Gasteiger partial charge in [0.15, 0.2) is 0 Å². The molecule has 1 rings (SSSR count). The van der Waals surface area contributed by atoms with Crippen molar-refractivity contribution >= 4 is 17.3 Å². The predicted molar refractivity (Wildman–Crippen MR) is 73.3 cm³/mol. The molecule has 0 radical (unpaired) electrons. The second-order valence-electron chi connectivity index (χ2n) is 4.09. The largest absolute Gasteiger partial charge is 0.465 e. The summed E-state index contributed by atoms with van der Waals surface area (Å²) in [5, 5.41) is 9.05. The van der Waals surface area contributed by atoms with Crippen LogP contribution in [-0.2, 0) is 9.47 Å². The van der Waals surface area contributed by atoms with Crippen molar-refractivity contribution in [3.63, 3.8) is 0 Å². The molecule has 0 aromatic heterocycles. The molecule has 0 aliphatic rings. The van der Waals surface area contributed by atoms with E-state index in [0.717, 1.165) is 6.07 Å². The van der Waals surface area contributed by atoms with Crippen LogP contribution in [0.5, 0.6) is 0 Å². The molecule has 0 spiro atoms. The Labute approximate surface area is 116 Å². The van der Waals surface area contributed by atoms with Gasteiger partial charge in [-0.3, -0.25) is 0 Å². The second-order valence-corrected chi connectivity index (χ2v) is 4.09. The number of carbonyl (C=O) groups excluding carboxylic acids is 1. The third-order valence-electron chi connectivity index (χ3n) is 2.80. The quantitative estimate of drug-likeness (QED) is 0.565. The minimum atomic E-state index is -0.639. The van der Waals surface area contributed by atoms with E-state index in [1.807, 2.05) is 0 Å². The number of esters is 1. The molecule has 0 saturated heterocycles. The fraction of sp³-hybridized carbons (Fsp3) is 0.462. The highest BCUT2D eigenvalue weighted by atomic mass is 19.1. The van der Waals surface area contributed by atoms with Crippen LogP contribution in [0, 0.1) is 5.82 Å². The molecule has 7 heteroatoms. The first-order chi connectivity index (χ1) is 9.54. The van der Waals surface area contributed by atoms with Crippen molar-refractivity contribution in [2.75, 3.05) is 51.2 Å². The van der Waals surface area contributed by atoms with Gasteiger partial charge in [-0.25, -0.2) is 9.18 Å².